The van der Waals surface area contributed by atoms with Crippen molar-refractivity contribution in [3.05, 3.63) is 63.8 Å². The van der Waals surface area contributed by atoms with Gasteiger partial charge in [-0.1, -0.05) is 37.0 Å². The zero-order valence-electron chi connectivity index (χ0n) is 12.8. The van der Waals surface area contributed by atoms with Crippen LogP contribution >= 0.6 is 27.3 Å². The van der Waals surface area contributed by atoms with Gasteiger partial charge in [-0.2, -0.15) is 0 Å². The van der Waals surface area contributed by atoms with E-state index in [1.807, 2.05) is 13.2 Å². The van der Waals surface area contributed by atoms with Crippen molar-refractivity contribution in [1.29, 1.82) is 0 Å². The number of allylic oxidation sites excluding steroid dienone is 2. The smallest absolute Gasteiger partial charge is 0.342 e. The number of thiazole rings is 1. The third kappa shape index (κ3) is 2.89. The van der Waals surface area contributed by atoms with Crippen molar-refractivity contribution >= 4 is 55.0 Å². The van der Waals surface area contributed by atoms with Crippen molar-refractivity contribution in [3.63, 3.8) is 0 Å². The van der Waals surface area contributed by atoms with Crippen molar-refractivity contribution in [2.24, 2.45) is 7.05 Å². The van der Waals surface area contributed by atoms with Gasteiger partial charge < -0.3 is 4.90 Å². The Labute approximate surface area is 154 Å². The maximum atomic E-state index is 4.78. The van der Waals surface area contributed by atoms with Gasteiger partial charge in [-0.05, 0) is 44.7 Å². The Hall–Kier alpha value is -1.98. The Balaban J connectivity index is 0.00000169. The Morgan fingerprint density at radius 3 is 2.92 bits per heavy atom. The molecule has 4 rings (SSSR count). The van der Waals surface area contributed by atoms with Crippen molar-refractivity contribution in [3.8, 4) is 0 Å². The summed E-state index contributed by atoms with van der Waals surface area (Å²) < 4.78 is 4.30. The van der Waals surface area contributed by atoms with E-state index >= 15 is 0 Å². The fraction of sp³-hybridized carbons (Fsp3) is 0.158. The number of para-hydroxylation sites is 1. The number of hydrogen-bond acceptors (Lipinski definition) is 3. The Bertz CT molecular complexity index is 972. The standard InChI is InChI=1S/C18H15BrN3S.CH4/c1-21-8-7-12(14-5-3-4-6-15(14)21)9-17-20-18-16(23-17)10-13(19)11-22(18)2;/h3-11H,1-2H3;1H4/q+1;. The van der Waals surface area contributed by atoms with Crippen LogP contribution < -0.4 is 9.47 Å². The molecule has 0 bridgehead atoms. The zero-order chi connectivity index (χ0) is 16.0. The van der Waals surface area contributed by atoms with E-state index in [1.165, 1.54) is 21.5 Å². The molecule has 0 saturated heterocycles. The summed E-state index contributed by atoms with van der Waals surface area (Å²) in [4.78, 5) is 6.92. The predicted molar refractivity (Wildman–Crippen MR) is 107 cm³/mol. The summed E-state index contributed by atoms with van der Waals surface area (Å²) in [5.41, 5.74) is 4.66. The second-order valence-corrected chi connectivity index (χ2v) is 7.53. The molecule has 0 amide bonds. The molecular weight excluding hydrogens is 382 g/mol. The maximum Gasteiger partial charge on any atom is 0.342 e. The van der Waals surface area contributed by atoms with Gasteiger partial charge in [0.1, 0.15) is 10.9 Å². The number of pyridine rings is 1. The number of halogens is 1. The van der Waals surface area contributed by atoms with Crippen LogP contribution in [0.4, 0.5) is 5.69 Å². The molecule has 0 N–H and O–H groups in total. The Kier molecular flexibility index (Phi) is 4.56. The molecule has 3 aromatic rings. The molecule has 0 radical (unpaired) electrons. The van der Waals surface area contributed by atoms with E-state index in [9.17, 15) is 0 Å². The van der Waals surface area contributed by atoms with Crippen LogP contribution in [0.1, 0.15) is 18.0 Å². The minimum absolute atomic E-state index is 0. The molecule has 1 aliphatic rings. The molecule has 1 aromatic carbocycles. The van der Waals surface area contributed by atoms with Gasteiger partial charge in [-0.15, -0.1) is 0 Å². The van der Waals surface area contributed by atoms with E-state index in [2.05, 4.69) is 81.1 Å². The Morgan fingerprint density at radius 2 is 2.08 bits per heavy atom. The number of fused-ring (bicyclic) bond motifs is 2. The molecule has 0 unspecified atom stereocenters. The van der Waals surface area contributed by atoms with Crippen molar-refractivity contribution < 1.29 is 4.57 Å². The highest BCUT2D eigenvalue weighted by Crippen LogP contribution is 2.34. The SMILES string of the molecule is C.CN1C=C/C(=C\c2nc3c(cc(Br)c[n+]3C)s2)c2ccccc21. The van der Waals surface area contributed by atoms with Gasteiger partial charge in [-0.25, -0.2) is 4.57 Å². The number of aromatic nitrogens is 2. The van der Waals surface area contributed by atoms with Crippen LogP contribution in [0.25, 0.3) is 22.0 Å². The van der Waals surface area contributed by atoms with Gasteiger partial charge >= 0.3 is 5.65 Å². The molecule has 0 atom stereocenters. The van der Waals surface area contributed by atoms with Crippen LogP contribution in [0.3, 0.4) is 0 Å². The largest absolute Gasteiger partial charge is 0.351 e. The lowest BCUT2D eigenvalue weighted by Crippen LogP contribution is -2.28. The first kappa shape index (κ1) is 16.9. The number of benzene rings is 1. The van der Waals surface area contributed by atoms with Crippen LogP contribution in [0.5, 0.6) is 0 Å². The summed E-state index contributed by atoms with van der Waals surface area (Å²) in [6, 6.07) is 10.6. The molecule has 122 valence electrons. The summed E-state index contributed by atoms with van der Waals surface area (Å²) in [6.07, 6.45) is 8.44. The average molecular weight is 401 g/mol. The van der Waals surface area contributed by atoms with E-state index in [0.29, 0.717) is 0 Å². The second kappa shape index (κ2) is 6.49. The third-order valence-electron chi connectivity index (χ3n) is 3.92. The van der Waals surface area contributed by atoms with Crippen molar-refractivity contribution in [2.75, 3.05) is 11.9 Å². The minimum atomic E-state index is 0. The number of aryl methyl sites for hydroxylation is 1. The van der Waals surface area contributed by atoms with Gasteiger partial charge in [0.25, 0.3) is 0 Å². The summed E-state index contributed by atoms with van der Waals surface area (Å²) in [6.45, 7) is 0. The van der Waals surface area contributed by atoms with Gasteiger partial charge in [-0.3, -0.25) is 0 Å². The quantitative estimate of drug-likeness (QED) is 0.534. The first-order valence-corrected chi connectivity index (χ1v) is 8.90. The van der Waals surface area contributed by atoms with Crippen LogP contribution in [0, 0.1) is 0 Å². The van der Waals surface area contributed by atoms with E-state index in [-0.39, 0.29) is 7.43 Å². The molecule has 0 fully saturated rings. The van der Waals surface area contributed by atoms with Crippen LogP contribution in [0.2, 0.25) is 0 Å². The molecule has 0 saturated carbocycles. The highest BCUT2D eigenvalue weighted by Gasteiger charge is 2.18. The summed E-state index contributed by atoms with van der Waals surface area (Å²) in [7, 11) is 4.09. The number of anilines is 1. The Morgan fingerprint density at radius 1 is 1.29 bits per heavy atom. The minimum Gasteiger partial charge on any atom is -0.351 e. The van der Waals surface area contributed by atoms with Crippen LogP contribution in [0.15, 0.2) is 53.3 Å². The van der Waals surface area contributed by atoms with E-state index in [0.717, 1.165) is 15.1 Å². The lowest BCUT2D eigenvalue weighted by atomic mass is 10.0. The van der Waals surface area contributed by atoms with Crippen molar-refractivity contribution in [1.82, 2.24) is 4.98 Å². The average Bonchev–Trinajstić information content (AvgIpc) is 2.93. The van der Waals surface area contributed by atoms with Crippen LogP contribution in [-0.2, 0) is 7.05 Å². The molecule has 0 spiro atoms. The lowest BCUT2D eigenvalue weighted by molar-refractivity contribution is -0.647. The molecule has 3 heterocycles. The molecular formula is C19H19BrN3S+. The topological polar surface area (TPSA) is 20.0 Å². The highest BCUT2D eigenvalue weighted by molar-refractivity contribution is 9.10. The first-order chi connectivity index (χ1) is 11.1. The lowest BCUT2D eigenvalue weighted by Gasteiger charge is -2.23. The van der Waals surface area contributed by atoms with Gasteiger partial charge in [0.2, 0.25) is 5.01 Å². The number of hydrogen-bond donors (Lipinski definition) is 0. The fourth-order valence-electron chi connectivity index (χ4n) is 2.80. The second-order valence-electron chi connectivity index (χ2n) is 5.55. The number of nitrogens with zero attached hydrogens (tertiary/aromatic N) is 3. The maximum absolute atomic E-state index is 4.78. The predicted octanol–water partition coefficient (Wildman–Crippen LogP) is 5.02. The highest BCUT2D eigenvalue weighted by atomic mass is 79.9. The van der Waals surface area contributed by atoms with E-state index in [4.69, 9.17) is 4.98 Å². The third-order valence-corrected chi connectivity index (χ3v) is 5.30. The molecule has 3 nitrogen and oxygen atoms in total. The van der Waals surface area contributed by atoms with Gasteiger partial charge in [0.15, 0.2) is 0 Å². The summed E-state index contributed by atoms with van der Waals surface area (Å²) in [5.74, 6) is 0. The normalized spacial score (nSPS) is 14.8. The first-order valence-electron chi connectivity index (χ1n) is 7.30. The monoisotopic (exact) mass is 400 g/mol. The summed E-state index contributed by atoms with van der Waals surface area (Å²) in [5, 5.41) is 1.02. The van der Waals surface area contributed by atoms with Gasteiger partial charge in [0.05, 0.1) is 11.5 Å². The number of rotatable bonds is 1. The zero-order valence-corrected chi connectivity index (χ0v) is 15.2. The van der Waals surface area contributed by atoms with Crippen LogP contribution in [-0.4, -0.2) is 12.0 Å². The molecule has 0 aliphatic carbocycles. The summed E-state index contributed by atoms with van der Waals surface area (Å²) >= 11 is 5.25. The molecule has 24 heavy (non-hydrogen) atoms. The fourth-order valence-corrected chi connectivity index (χ4v) is 4.50. The van der Waals surface area contributed by atoms with Crippen molar-refractivity contribution in [2.45, 2.75) is 7.43 Å². The molecule has 2 aromatic heterocycles. The van der Waals surface area contributed by atoms with E-state index in [1.54, 1.807) is 11.3 Å². The molecule has 5 heteroatoms. The van der Waals surface area contributed by atoms with E-state index < -0.39 is 0 Å². The molecule has 1 aliphatic heterocycles. The van der Waals surface area contributed by atoms with Gasteiger partial charge in [0, 0.05) is 30.6 Å².